The van der Waals surface area contributed by atoms with Crippen molar-refractivity contribution in [2.24, 2.45) is 5.92 Å². The molecule has 1 aliphatic heterocycles. The number of anilines is 1. The van der Waals surface area contributed by atoms with Gasteiger partial charge in [-0.25, -0.2) is 0 Å². The number of carbonyl (C=O) groups is 1. The fraction of sp³-hybridized carbons (Fsp3) is 0.353. The van der Waals surface area contributed by atoms with Crippen molar-refractivity contribution in [3.63, 3.8) is 0 Å². The molecule has 3 rings (SSSR count). The zero-order valence-corrected chi connectivity index (χ0v) is 13.3. The van der Waals surface area contributed by atoms with Gasteiger partial charge in [0.25, 0.3) is 5.56 Å². The molecule has 3 N–H and O–H groups in total. The van der Waals surface area contributed by atoms with Gasteiger partial charge in [-0.2, -0.15) is 5.26 Å². The number of pyridine rings is 1. The van der Waals surface area contributed by atoms with E-state index in [1.54, 1.807) is 12.1 Å². The molecule has 124 valence electrons. The number of aliphatic hydroxyl groups is 1. The van der Waals surface area contributed by atoms with E-state index in [0.29, 0.717) is 24.0 Å². The number of aromatic amines is 1. The monoisotopic (exact) mass is 326 g/mol. The van der Waals surface area contributed by atoms with Gasteiger partial charge < -0.3 is 20.3 Å². The molecule has 1 saturated heterocycles. The van der Waals surface area contributed by atoms with E-state index in [-0.39, 0.29) is 36.2 Å². The molecule has 24 heavy (non-hydrogen) atoms. The zero-order valence-electron chi connectivity index (χ0n) is 13.3. The van der Waals surface area contributed by atoms with Crippen LogP contribution in [0.15, 0.2) is 23.0 Å². The van der Waals surface area contributed by atoms with Gasteiger partial charge >= 0.3 is 0 Å². The Morgan fingerprint density at radius 2 is 2.21 bits per heavy atom. The number of aromatic nitrogens is 1. The van der Waals surface area contributed by atoms with Crippen LogP contribution >= 0.6 is 0 Å². The molecular weight excluding hydrogens is 308 g/mol. The van der Waals surface area contributed by atoms with Crippen LogP contribution in [0, 0.1) is 24.2 Å². The Balaban J connectivity index is 2.25. The van der Waals surface area contributed by atoms with Crippen LogP contribution in [0.2, 0.25) is 0 Å². The molecule has 1 aromatic carbocycles. The molecule has 2 aromatic rings. The first-order valence-electron chi connectivity index (χ1n) is 7.76. The molecule has 2 heterocycles. The number of hydrogen-bond acceptors (Lipinski definition) is 5. The Bertz CT molecular complexity index is 893. The van der Waals surface area contributed by atoms with E-state index in [2.05, 4.69) is 10.3 Å². The minimum Gasteiger partial charge on any atom is -0.395 e. The second kappa shape index (κ2) is 6.43. The highest BCUT2D eigenvalue weighted by atomic mass is 16.3. The molecule has 0 atom stereocenters. The Hall–Kier alpha value is -2.69. The summed E-state index contributed by atoms with van der Waals surface area (Å²) in [5.74, 6) is -0.394. The maximum Gasteiger partial charge on any atom is 0.268 e. The number of carbonyl (C=O) groups excluding carboxylic acids is 1. The van der Waals surface area contributed by atoms with Crippen LogP contribution in [-0.2, 0) is 4.79 Å². The number of fused-ring (bicyclic) bond motifs is 1. The van der Waals surface area contributed by atoms with Crippen molar-refractivity contribution in [1.29, 1.82) is 5.26 Å². The van der Waals surface area contributed by atoms with Gasteiger partial charge in [-0.05, 0) is 18.6 Å². The van der Waals surface area contributed by atoms with E-state index in [9.17, 15) is 20.0 Å². The van der Waals surface area contributed by atoms with E-state index in [0.717, 1.165) is 5.56 Å². The molecule has 7 heteroatoms. The fourth-order valence-corrected chi connectivity index (χ4v) is 2.89. The average molecular weight is 326 g/mol. The van der Waals surface area contributed by atoms with E-state index in [4.69, 9.17) is 0 Å². The highest BCUT2D eigenvalue weighted by Gasteiger charge is 2.32. The predicted molar refractivity (Wildman–Crippen MR) is 89.8 cm³/mol. The number of nitrogens with zero attached hydrogens (tertiary/aromatic N) is 2. The molecule has 0 radical (unpaired) electrons. The smallest absolute Gasteiger partial charge is 0.268 e. The third-order valence-electron chi connectivity index (χ3n) is 4.24. The van der Waals surface area contributed by atoms with Crippen molar-refractivity contribution < 1.29 is 9.90 Å². The summed E-state index contributed by atoms with van der Waals surface area (Å²) < 4.78 is 0. The number of aryl methyl sites for hydroxylation is 1. The molecule has 0 bridgehead atoms. The minimum absolute atomic E-state index is 0.0381. The van der Waals surface area contributed by atoms with Crippen LogP contribution in [0.4, 0.5) is 5.69 Å². The first-order valence-corrected chi connectivity index (χ1v) is 7.76. The van der Waals surface area contributed by atoms with E-state index < -0.39 is 5.56 Å². The number of hydrogen-bond donors (Lipinski definition) is 3. The summed E-state index contributed by atoms with van der Waals surface area (Å²) in [4.78, 5) is 29.1. The fourth-order valence-electron chi connectivity index (χ4n) is 2.89. The average Bonchev–Trinajstić information content (AvgIpc) is 2.49. The van der Waals surface area contributed by atoms with Gasteiger partial charge in [-0.15, -0.1) is 0 Å². The van der Waals surface area contributed by atoms with Gasteiger partial charge in [0.15, 0.2) is 0 Å². The summed E-state index contributed by atoms with van der Waals surface area (Å²) in [6.45, 7) is 2.80. The van der Waals surface area contributed by atoms with E-state index in [1.165, 1.54) is 4.90 Å². The lowest BCUT2D eigenvalue weighted by Gasteiger charge is -2.33. The molecular formula is C17H18N4O3. The number of amides is 1. The Morgan fingerprint density at radius 3 is 2.79 bits per heavy atom. The number of nitriles is 1. The van der Waals surface area contributed by atoms with Crippen molar-refractivity contribution in [1.82, 2.24) is 10.3 Å². The standard InChI is InChI=1S/C17H18N4O3/c1-10-2-3-12-14(6-10)20-16(23)13(7-18)15(12)21(4-5-22)17(24)11-8-19-9-11/h2-3,6,11,19,22H,4-5,8-9H2,1H3,(H,20,23). The number of benzene rings is 1. The van der Waals surface area contributed by atoms with Crippen LogP contribution in [0.25, 0.3) is 10.9 Å². The maximum absolute atomic E-state index is 12.8. The van der Waals surface area contributed by atoms with Gasteiger partial charge in [0.1, 0.15) is 11.6 Å². The van der Waals surface area contributed by atoms with Gasteiger partial charge in [0.2, 0.25) is 5.91 Å². The van der Waals surface area contributed by atoms with Gasteiger partial charge in [0.05, 0.1) is 23.7 Å². The lowest BCUT2D eigenvalue weighted by molar-refractivity contribution is -0.123. The third-order valence-corrected chi connectivity index (χ3v) is 4.24. The van der Waals surface area contributed by atoms with Gasteiger partial charge in [-0.1, -0.05) is 12.1 Å². The van der Waals surface area contributed by atoms with Gasteiger partial charge in [-0.3, -0.25) is 9.59 Å². The maximum atomic E-state index is 12.8. The molecule has 0 spiro atoms. The molecule has 1 aromatic heterocycles. The SMILES string of the molecule is Cc1ccc2c(N(CCO)C(=O)C3CNC3)c(C#N)c(=O)[nH]c2c1. The summed E-state index contributed by atoms with van der Waals surface area (Å²) in [6, 6.07) is 7.35. The lowest BCUT2D eigenvalue weighted by Crippen LogP contribution is -2.53. The highest BCUT2D eigenvalue weighted by molar-refractivity contribution is 6.05. The topological polar surface area (TPSA) is 109 Å². The number of nitrogens with one attached hydrogen (secondary N) is 2. The minimum atomic E-state index is -0.534. The quantitative estimate of drug-likeness (QED) is 0.746. The van der Waals surface area contributed by atoms with Crippen LogP contribution in [0.3, 0.4) is 0 Å². The summed E-state index contributed by atoms with van der Waals surface area (Å²) in [6.07, 6.45) is 0. The zero-order chi connectivity index (χ0) is 17.3. The Morgan fingerprint density at radius 1 is 1.46 bits per heavy atom. The third kappa shape index (κ3) is 2.66. The van der Waals surface area contributed by atoms with Crippen molar-refractivity contribution >= 4 is 22.5 Å². The molecule has 7 nitrogen and oxygen atoms in total. The van der Waals surface area contributed by atoms with Crippen molar-refractivity contribution in [2.75, 3.05) is 31.1 Å². The second-order valence-corrected chi connectivity index (χ2v) is 5.91. The molecule has 1 amide bonds. The van der Waals surface area contributed by atoms with Crippen LogP contribution in [0.1, 0.15) is 11.1 Å². The van der Waals surface area contributed by atoms with Crippen molar-refractivity contribution in [2.45, 2.75) is 6.92 Å². The summed E-state index contributed by atoms with van der Waals surface area (Å²) in [5, 5.41) is 22.5. The van der Waals surface area contributed by atoms with Crippen LogP contribution < -0.4 is 15.8 Å². The summed E-state index contributed by atoms with van der Waals surface area (Å²) in [5.41, 5.74) is 1.16. The first-order chi connectivity index (χ1) is 11.6. The van der Waals surface area contributed by atoms with Crippen LogP contribution in [0.5, 0.6) is 0 Å². The molecule has 1 fully saturated rings. The number of rotatable bonds is 4. The predicted octanol–water partition coefficient (Wildman–Crippen LogP) is 0.253. The molecule has 0 aliphatic carbocycles. The Labute approximate surface area is 138 Å². The van der Waals surface area contributed by atoms with E-state index in [1.807, 2.05) is 19.1 Å². The van der Waals surface area contributed by atoms with Gasteiger partial charge in [0, 0.05) is 25.0 Å². The molecule has 0 saturated carbocycles. The van der Waals surface area contributed by atoms with E-state index >= 15 is 0 Å². The first kappa shape index (κ1) is 16.2. The van der Waals surface area contributed by atoms with Crippen molar-refractivity contribution in [3.05, 3.63) is 39.7 Å². The molecule has 0 unspecified atom stereocenters. The van der Waals surface area contributed by atoms with Crippen molar-refractivity contribution in [3.8, 4) is 6.07 Å². The summed E-state index contributed by atoms with van der Waals surface area (Å²) in [7, 11) is 0. The number of H-pyrrole nitrogens is 1. The normalized spacial score (nSPS) is 14.2. The number of aliphatic hydroxyl groups excluding tert-OH is 1. The second-order valence-electron chi connectivity index (χ2n) is 5.91. The largest absolute Gasteiger partial charge is 0.395 e. The lowest BCUT2D eigenvalue weighted by atomic mass is 9.99. The summed E-state index contributed by atoms with van der Waals surface area (Å²) >= 11 is 0. The highest BCUT2D eigenvalue weighted by Crippen LogP contribution is 2.29. The Kier molecular flexibility index (Phi) is 4.34. The molecule has 1 aliphatic rings. The van der Waals surface area contributed by atoms with Crippen LogP contribution in [-0.4, -0.2) is 42.2 Å².